The van der Waals surface area contributed by atoms with Crippen LogP contribution in [0.5, 0.6) is 0 Å². The normalized spacial score (nSPS) is 15.8. The highest BCUT2D eigenvalue weighted by atomic mass is 32.1. The zero-order valence-corrected chi connectivity index (χ0v) is 13.6. The van der Waals surface area contributed by atoms with Crippen molar-refractivity contribution in [1.29, 1.82) is 0 Å². The summed E-state index contributed by atoms with van der Waals surface area (Å²) in [5.41, 5.74) is 4.36. The molecule has 0 radical (unpaired) electrons. The molecule has 0 spiro atoms. The molecule has 1 aromatic heterocycles. The molecule has 0 saturated carbocycles. The molecule has 6 heteroatoms. The van der Waals surface area contributed by atoms with Gasteiger partial charge in [0, 0.05) is 30.1 Å². The molecule has 2 aromatic rings. The fourth-order valence-electron chi connectivity index (χ4n) is 2.36. The van der Waals surface area contributed by atoms with Crippen molar-refractivity contribution in [1.82, 2.24) is 10.3 Å². The van der Waals surface area contributed by atoms with E-state index in [9.17, 15) is 4.79 Å². The molecular formula is C17H19N3O2S. The Labute approximate surface area is 139 Å². The van der Waals surface area contributed by atoms with Crippen molar-refractivity contribution in [3.63, 3.8) is 0 Å². The molecule has 1 amide bonds. The van der Waals surface area contributed by atoms with Gasteiger partial charge in [0.2, 0.25) is 0 Å². The van der Waals surface area contributed by atoms with Crippen LogP contribution in [0.1, 0.15) is 20.8 Å². The minimum Gasteiger partial charge on any atom is -0.379 e. The van der Waals surface area contributed by atoms with E-state index in [0.29, 0.717) is 5.56 Å². The van der Waals surface area contributed by atoms with Crippen LogP contribution in [0.4, 0.5) is 0 Å². The highest BCUT2D eigenvalue weighted by Gasteiger charge is 2.11. The third-order valence-corrected chi connectivity index (χ3v) is 4.43. The van der Waals surface area contributed by atoms with E-state index in [1.54, 1.807) is 17.6 Å². The van der Waals surface area contributed by atoms with Gasteiger partial charge < -0.3 is 4.74 Å². The molecule has 0 aliphatic carbocycles. The number of rotatable bonds is 5. The van der Waals surface area contributed by atoms with E-state index in [2.05, 4.69) is 15.4 Å². The van der Waals surface area contributed by atoms with Crippen LogP contribution in [-0.2, 0) is 11.3 Å². The van der Waals surface area contributed by atoms with E-state index in [-0.39, 0.29) is 5.91 Å². The largest absolute Gasteiger partial charge is 0.379 e. The lowest BCUT2D eigenvalue weighted by Gasteiger charge is -2.26. The van der Waals surface area contributed by atoms with E-state index in [1.807, 2.05) is 41.8 Å². The molecule has 2 heterocycles. The van der Waals surface area contributed by atoms with Crippen molar-refractivity contribution in [2.75, 3.05) is 26.3 Å². The summed E-state index contributed by atoms with van der Waals surface area (Å²) in [5, 5.41) is 5.94. The second-order valence-corrected chi connectivity index (χ2v) is 6.28. The summed E-state index contributed by atoms with van der Waals surface area (Å²) >= 11 is 1.57. The number of morpholine rings is 1. The molecule has 1 aliphatic rings. The van der Waals surface area contributed by atoms with Crippen molar-refractivity contribution in [2.24, 2.45) is 5.10 Å². The smallest absolute Gasteiger partial charge is 0.271 e. The Kier molecular flexibility index (Phi) is 5.52. The number of ether oxygens (including phenoxy) is 1. The van der Waals surface area contributed by atoms with Gasteiger partial charge in [-0.2, -0.15) is 5.10 Å². The Morgan fingerprint density at radius 2 is 2.04 bits per heavy atom. The maximum Gasteiger partial charge on any atom is 0.271 e. The highest BCUT2D eigenvalue weighted by molar-refractivity contribution is 7.11. The van der Waals surface area contributed by atoms with E-state index in [4.69, 9.17) is 4.74 Å². The minimum absolute atomic E-state index is 0.198. The molecule has 1 aromatic carbocycles. The summed E-state index contributed by atoms with van der Waals surface area (Å²) in [6.45, 7) is 4.40. The first-order valence-corrected chi connectivity index (χ1v) is 8.45. The Morgan fingerprint density at radius 1 is 1.26 bits per heavy atom. The monoisotopic (exact) mass is 329 g/mol. The number of nitrogens with one attached hydrogen (secondary N) is 1. The van der Waals surface area contributed by atoms with Crippen molar-refractivity contribution in [3.8, 4) is 0 Å². The number of carbonyl (C=O) groups excluding carboxylic acids is 1. The summed E-state index contributed by atoms with van der Waals surface area (Å²) in [6, 6.07) is 11.6. The van der Waals surface area contributed by atoms with Crippen LogP contribution in [0.15, 0.2) is 46.9 Å². The Bertz CT molecular complexity index is 647. The molecular weight excluding hydrogens is 310 g/mol. The topological polar surface area (TPSA) is 53.9 Å². The lowest BCUT2D eigenvalue weighted by Crippen LogP contribution is -2.35. The van der Waals surface area contributed by atoms with E-state index in [0.717, 1.165) is 37.7 Å². The number of hydrogen-bond donors (Lipinski definition) is 1. The molecule has 3 rings (SSSR count). The standard InChI is InChI=1S/C17H19N3O2S/c21-17(19-18-12-16-2-1-11-23-16)15-5-3-14(4-6-15)13-20-7-9-22-10-8-20/h1-6,11-12H,7-10,13H2,(H,19,21)/b18-12-. The predicted octanol–water partition coefficient (Wildman–Crippen LogP) is 2.34. The van der Waals surface area contributed by atoms with Gasteiger partial charge >= 0.3 is 0 Å². The average molecular weight is 329 g/mol. The third-order valence-electron chi connectivity index (χ3n) is 3.63. The predicted molar refractivity (Wildman–Crippen MR) is 91.9 cm³/mol. The van der Waals surface area contributed by atoms with Crippen molar-refractivity contribution in [2.45, 2.75) is 6.54 Å². The maximum atomic E-state index is 12.0. The second-order valence-electron chi connectivity index (χ2n) is 5.30. The lowest BCUT2D eigenvalue weighted by molar-refractivity contribution is 0.0342. The quantitative estimate of drug-likeness (QED) is 0.677. The molecule has 0 unspecified atom stereocenters. The first-order chi connectivity index (χ1) is 11.3. The van der Waals surface area contributed by atoms with Gasteiger partial charge in [0.15, 0.2) is 0 Å². The first kappa shape index (κ1) is 15.9. The Hall–Kier alpha value is -2.02. The van der Waals surface area contributed by atoms with Crippen LogP contribution in [0.3, 0.4) is 0 Å². The SMILES string of the molecule is O=C(N/N=C\c1cccs1)c1ccc(CN2CCOCC2)cc1. The molecule has 0 atom stereocenters. The van der Waals surface area contributed by atoms with Gasteiger partial charge in [-0.3, -0.25) is 9.69 Å². The molecule has 23 heavy (non-hydrogen) atoms. The fourth-order valence-corrected chi connectivity index (χ4v) is 2.95. The molecule has 0 bridgehead atoms. The average Bonchev–Trinajstić information content (AvgIpc) is 3.10. The van der Waals surface area contributed by atoms with Crippen molar-refractivity contribution < 1.29 is 9.53 Å². The van der Waals surface area contributed by atoms with Gasteiger partial charge in [-0.05, 0) is 29.1 Å². The number of nitrogens with zero attached hydrogens (tertiary/aromatic N) is 2. The van der Waals surface area contributed by atoms with E-state index in [1.165, 1.54) is 5.56 Å². The maximum absolute atomic E-state index is 12.0. The van der Waals surface area contributed by atoms with Crippen LogP contribution in [-0.4, -0.2) is 43.3 Å². The number of hydrazone groups is 1. The van der Waals surface area contributed by atoms with Gasteiger partial charge in [0.05, 0.1) is 19.4 Å². The lowest BCUT2D eigenvalue weighted by atomic mass is 10.1. The zero-order chi connectivity index (χ0) is 15.9. The number of carbonyl (C=O) groups is 1. The summed E-state index contributed by atoms with van der Waals surface area (Å²) in [7, 11) is 0. The van der Waals surface area contributed by atoms with Crippen molar-refractivity contribution >= 4 is 23.5 Å². The molecule has 1 N–H and O–H groups in total. The number of hydrogen-bond acceptors (Lipinski definition) is 5. The molecule has 5 nitrogen and oxygen atoms in total. The van der Waals surface area contributed by atoms with E-state index < -0.39 is 0 Å². The van der Waals surface area contributed by atoms with Crippen LogP contribution >= 0.6 is 11.3 Å². The number of benzene rings is 1. The molecule has 1 fully saturated rings. The van der Waals surface area contributed by atoms with Gasteiger partial charge in [0.25, 0.3) is 5.91 Å². The molecule has 120 valence electrons. The number of amides is 1. The van der Waals surface area contributed by atoms with Crippen molar-refractivity contribution in [3.05, 3.63) is 57.8 Å². The highest BCUT2D eigenvalue weighted by Crippen LogP contribution is 2.09. The van der Waals surface area contributed by atoms with Gasteiger partial charge in [-0.1, -0.05) is 18.2 Å². The summed E-state index contributed by atoms with van der Waals surface area (Å²) < 4.78 is 5.35. The van der Waals surface area contributed by atoms with E-state index >= 15 is 0 Å². The van der Waals surface area contributed by atoms with Gasteiger partial charge in [0.1, 0.15) is 0 Å². The van der Waals surface area contributed by atoms with Crippen LogP contribution in [0.2, 0.25) is 0 Å². The van der Waals surface area contributed by atoms with Gasteiger partial charge in [-0.25, -0.2) is 5.43 Å². The summed E-state index contributed by atoms with van der Waals surface area (Å²) in [4.78, 5) is 15.4. The van der Waals surface area contributed by atoms with Crippen LogP contribution in [0, 0.1) is 0 Å². The minimum atomic E-state index is -0.198. The third kappa shape index (κ3) is 4.72. The summed E-state index contributed by atoms with van der Waals surface area (Å²) in [6.07, 6.45) is 1.65. The Morgan fingerprint density at radius 3 is 2.74 bits per heavy atom. The second kappa shape index (κ2) is 8.01. The number of thiophene rings is 1. The summed E-state index contributed by atoms with van der Waals surface area (Å²) in [5.74, 6) is -0.198. The first-order valence-electron chi connectivity index (χ1n) is 7.57. The molecule has 1 aliphatic heterocycles. The van der Waals surface area contributed by atoms with Crippen LogP contribution in [0.25, 0.3) is 0 Å². The van der Waals surface area contributed by atoms with Gasteiger partial charge in [-0.15, -0.1) is 11.3 Å². The van der Waals surface area contributed by atoms with Crippen LogP contribution < -0.4 is 5.43 Å². The fraction of sp³-hybridized carbons (Fsp3) is 0.294. The zero-order valence-electron chi connectivity index (χ0n) is 12.8. The molecule has 1 saturated heterocycles. The Balaban J connectivity index is 1.52.